The van der Waals surface area contributed by atoms with Crippen molar-refractivity contribution in [3.63, 3.8) is 0 Å². The maximum atomic E-state index is 13.2. The summed E-state index contributed by atoms with van der Waals surface area (Å²) < 4.78 is 5.73. The number of amides is 2. The first-order chi connectivity index (χ1) is 20.7. The van der Waals surface area contributed by atoms with Gasteiger partial charge in [0.05, 0.1) is 24.3 Å². The summed E-state index contributed by atoms with van der Waals surface area (Å²) in [6, 6.07) is 0.408. The van der Waals surface area contributed by atoms with Gasteiger partial charge in [0.2, 0.25) is 28.8 Å². The highest BCUT2D eigenvalue weighted by Gasteiger charge is 2.53. The minimum absolute atomic E-state index is 0.00724. The first kappa shape index (κ1) is 32.7. The number of aromatic nitrogens is 4. The van der Waals surface area contributed by atoms with Crippen LogP contribution in [-0.4, -0.2) is 82.3 Å². The fraction of sp³-hybridized carbons (Fsp3) is 0.458. The number of aliphatic carboxylic acids is 2. The van der Waals surface area contributed by atoms with Crippen LogP contribution >= 0.6 is 35.1 Å². The molecular formula is C24H30N10O7S3. The average molecular weight is 667 g/mol. The highest BCUT2D eigenvalue weighted by atomic mass is 32.2. The van der Waals surface area contributed by atoms with Crippen LogP contribution in [-0.2, 0) is 30.6 Å². The van der Waals surface area contributed by atoms with Gasteiger partial charge in [0.1, 0.15) is 11.4 Å². The zero-order valence-electron chi connectivity index (χ0n) is 23.8. The maximum absolute atomic E-state index is 13.2. The van der Waals surface area contributed by atoms with E-state index in [4.69, 9.17) is 22.0 Å². The molecule has 1 saturated heterocycles. The Morgan fingerprint density at radius 1 is 1.32 bits per heavy atom. The summed E-state index contributed by atoms with van der Waals surface area (Å²) in [6.45, 7) is 5.07. The van der Waals surface area contributed by atoms with Crippen molar-refractivity contribution in [3.8, 4) is 0 Å². The largest absolute Gasteiger partial charge is 0.543 e. The number of β-lactam (4-membered cyclic amide) rings is 1. The Morgan fingerprint density at radius 2 is 2.05 bits per heavy atom. The number of anilines is 3. The van der Waals surface area contributed by atoms with Gasteiger partial charge in [0.25, 0.3) is 11.8 Å². The van der Waals surface area contributed by atoms with Crippen molar-refractivity contribution in [1.29, 1.82) is 0 Å². The fourth-order valence-electron chi connectivity index (χ4n) is 4.05. The Morgan fingerprint density at radius 3 is 2.66 bits per heavy atom. The molecule has 2 aliphatic rings. The predicted molar refractivity (Wildman–Crippen MR) is 160 cm³/mol. The molecule has 17 nitrogen and oxygen atoms in total. The van der Waals surface area contributed by atoms with Gasteiger partial charge >= 0.3 is 11.1 Å². The van der Waals surface area contributed by atoms with Crippen molar-refractivity contribution in [2.45, 2.75) is 62.3 Å². The molecule has 0 saturated carbocycles. The number of fused-ring (bicyclic) bond motifs is 1. The van der Waals surface area contributed by atoms with Crippen molar-refractivity contribution in [3.05, 3.63) is 23.2 Å². The molecule has 2 aromatic heterocycles. The molecule has 2 atom stereocenters. The molecule has 4 heterocycles. The third kappa shape index (κ3) is 6.81. The number of nitrogen functional groups attached to an aromatic ring is 3. The van der Waals surface area contributed by atoms with Crippen LogP contribution in [0.2, 0.25) is 0 Å². The lowest BCUT2D eigenvalue weighted by Crippen LogP contribution is -2.71. The number of carboxylic acids is 2. The summed E-state index contributed by atoms with van der Waals surface area (Å²) in [4.78, 5) is 64.5. The van der Waals surface area contributed by atoms with E-state index in [1.807, 2.05) is 6.92 Å². The average Bonchev–Trinajstić information content (AvgIpc) is 3.38. The molecule has 1 fully saturated rings. The second-order valence-corrected chi connectivity index (χ2v) is 12.9. The van der Waals surface area contributed by atoms with E-state index in [2.05, 4.69) is 24.8 Å². The molecule has 236 valence electrons. The number of hydrogen-bond donors (Lipinski definition) is 5. The minimum Gasteiger partial charge on any atom is -0.543 e. The number of nitrogens with one attached hydrogen (secondary N) is 1. The van der Waals surface area contributed by atoms with E-state index in [9.17, 15) is 29.4 Å². The number of nitrogens with zero attached hydrogens (tertiary/aromatic N) is 6. The Kier molecular flexibility index (Phi) is 9.84. The molecule has 1 unspecified atom stereocenters. The molecule has 0 aromatic carbocycles. The van der Waals surface area contributed by atoms with Gasteiger partial charge in [-0.3, -0.25) is 14.5 Å². The van der Waals surface area contributed by atoms with E-state index in [1.165, 1.54) is 37.4 Å². The van der Waals surface area contributed by atoms with E-state index < -0.39 is 46.5 Å². The van der Waals surface area contributed by atoms with Crippen molar-refractivity contribution < 1.29 is 38.8 Å². The van der Waals surface area contributed by atoms with Crippen LogP contribution in [0.25, 0.3) is 0 Å². The molecule has 2 amide bonds. The van der Waals surface area contributed by atoms with Crippen LogP contribution in [0.5, 0.6) is 0 Å². The Hall–Kier alpha value is -4.17. The van der Waals surface area contributed by atoms with E-state index in [1.54, 1.807) is 10.6 Å². The number of carbonyl (C=O) groups is 4. The molecule has 0 aliphatic carbocycles. The van der Waals surface area contributed by atoms with Crippen LogP contribution in [0.4, 0.5) is 16.8 Å². The first-order valence-corrected chi connectivity index (χ1v) is 15.9. The van der Waals surface area contributed by atoms with Crippen LogP contribution in [0, 0.1) is 0 Å². The quantitative estimate of drug-likeness (QED) is 0.0408. The van der Waals surface area contributed by atoms with Crippen LogP contribution in [0.15, 0.2) is 27.6 Å². The van der Waals surface area contributed by atoms with Gasteiger partial charge in [-0.25, -0.2) is 9.36 Å². The summed E-state index contributed by atoms with van der Waals surface area (Å²) in [5.74, 6) is -3.77. The predicted octanol–water partition coefficient (Wildman–Crippen LogP) is -1.45. The zero-order chi connectivity index (χ0) is 32.3. The van der Waals surface area contributed by atoms with Crippen molar-refractivity contribution in [1.82, 2.24) is 24.6 Å². The van der Waals surface area contributed by atoms with Gasteiger partial charge in [-0.05, 0) is 37.6 Å². The summed E-state index contributed by atoms with van der Waals surface area (Å²) in [6.07, 6.45) is 1.76. The monoisotopic (exact) mass is 666 g/mol. The van der Waals surface area contributed by atoms with Crippen LogP contribution < -0.4 is 32.2 Å². The zero-order valence-corrected chi connectivity index (χ0v) is 26.3. The Balaban J connectivity index is 1.53. The van der Waals surface area contributed by atoms with Gasteiger partial charge in [-0.1, -0.05) is 23.5 Å². The van der Waals surface area contributed by atoms with Crippen LogP contribution in [0.1, 0.15) is 39.4 Å². The molecular weight excluding hydrogens is 637 g/mol. The summed E-state index contributed by atoms with van der Waals surface area (Å²) in [5, 5.41) is 27.5. The Bertz CT molecular complexity index is 1560. The van der Waals surface area contributed by atoms with Gasteiger partial charge in [-0.2, -0.15) is 9.36 Å². The molecule has 0 bridgehead atoms. The molecule has 44 heavy (non-hydrogen) atoms. The molecule has 0 spiro atoms. The summed E-state index contributed by atoms with van der Waals surface area (Å²) >= 11 is 3.24. The summed E-state index contributed by atoms with van der Waals surface area (Å²) in [7, 11) is 0. The van der Waals surface area contributed by atoms with E-state index >= 15 is 0 Å². The number of nitrogens with two attached hydrogens (primary N) is 3. The van der Waals surface area contributed by atoms with Crippen molar-refractivity contribution >= 4 is 81.3 Å². The van der Waals surface area contributed by atoms with E-state index in [0.29, 0.717) is 23.1 Å². The number of carboxylic acid groups (broad SMARTS) is 2. The van der Waals surface area contributed by atoms with Gasteiger partial charge in [-0.15, -0.1) is 11.8 Å². The lowest BCUT2D eigenvalue weighted by atomic mass is 10.0. The highest BCUT2D eigenvalue weighted by molar-refractivity contribution is 8.01. The van der Waals surface area contributed by atoms with Crippen LogP contribution in [0.3, 0.4) is 0 Å². The number of thioether (sulfide) groups is 2. The molecule has 8 N–H and O–H groups in total. The molecule has 2 aromatic rings. The van der Waals surface area contributed by atoms with Crippen molar-refractivity contribution in [2.75, 3.05) is 28.7 Å². The second kappa shape index (κ2) is 13.2. The Labute approximate surface area is 263 Å². The highest BCUT2D eigenvalue weighted by Crippen LogP contribution is 2.41. The van der Waals surface area contributed by atoms with Gasteiger partial charge in [0, 0.05) is 23.0 Å². The topological polar surface area (TPSA) is 269 Å². The van der Waals surface area contributed by atoms with E-state index in [-0.39, 0.29) is 34.0 Å². The summed E-state index contributed by atoms with van der Waals surface area (Å²) in [5.41, 5.74) is 15.5. The number of oxime groups is 1. The SMILES string of the molecule is CCCC[n+]1c(N)cc(N)nc1SCC1=C(C(=O)[O-])N2C(=O)C(NC(=O)/C(=N\OC(C)(C)C(=O)O)c3nsc(N)n3)[C@@H]2SC1. The molecule has 4 rings (SSSR count). The maximum Gasteiger partial charge on any atom is 0.350 e. The molecule has 20 heteroatoms. The fourth-order valence-corrected chi connectivity index (χ4v) is 7.03. The number of rotatable bonds is 13. The lowest BCUT2D eigenvalue weighted by molar-refractivity contribution is -0.723. The number of hydrogen-bond acceptors (Lipinski definition) is 16. The standard InChI is InChI=1S/C24H30N10O7S3/c1-4-5-6-33-12(26)7-11(25)28-23(33)43-9-10-8-42-19-14(18(36)34(19)15(10)20(37)38)29-17(35)13(16-30-22(27)44-32-16)31-41-24(2,3)21(39)40/h7,14,19H,4-6,8-9H2,1-3H3,(H8,25,26,27,29,30,32,35,37,38,39,40)/b31-13-/t14?,19-/m0/s1. The number of carbonyl (C=O) groups excluding carboxylic acids is 3. The lowest BCUT2D eigenvalue weighted by Gasteiger charge is -2.50. The van der Waals surface area contributed by atoms with Gasteiger partial charge < -0.3 is 42.4 Å². The van der Waals surface area contributed by atoms with E-state index in [0.717, 1.165) is 29.3 Å². The van der Waals surface area contributed by atoms with Gasteiger partial charge in [0.15, 0.2) is 5.13 Å². The third-order valence-electron chi connectivity index (χ3n) is 6.45. The molecule has 2 aliphatic heterocycles. The normalized spacial score (nSPS) is 18.5. The smallest absolute Gasteiger partial charge is 0.350 e. The number of unbranched alkanes of at least 4 members (excludes halogenated alkanes) is 1. The third-order valence-corrected chi connectivity index (χ3v) is 9.39. The first-order valence-electron chi connectivity index (χ1n) is 13.1. The van der Waals surface area contributed by atoms with Crippen molar-refractivity contribution in [2.24, 2.45) is 5.16 Å². The molecule has 0 radical (unpaired) electrons. The minimum atomic E-state index is -1.81. The second-order valence-electron chi connectivity index (χ2n) is 10.1.